The number of fused-ring (bicyclic) bond motifs is 1. The van der Waals surface area contributed by atoms with Crippen molar-refractivity contribution in [1.82, 2.24) is 15.6 Å². The monoisotopic (exact) mass is 360 g/mol. The number of pyridine rings is 1. The molecule has 1 heterocycles. The Morgan fingerprint density at radius 2 is 1.96 bits per heavy atom. The summed E-state index contributed by atoms with van der Waals surface area (Å²) in [6.07, 6.45) is 1.82. The van der Waals surface area contributed by atoms with E-state index in [4.69, 9.17) is 0 Å². The van der Waals surface area contributed by atoms with Gasteiger partial charge in [0.15, 0.2) is 5.96 Å². The quantitative estimate of drug-likeness (QED) is 0.614. The molecule has 0 fully saturated rings. The van der Waals surface area contributed by atoms with Crippen LogP contribution < -0.4 is 10.6 Å². The van der Waals surface area contributed by atoms with Crippen LogP contribution in [-0.4, -0.2) is 38.7 Å². The number of aromatic nitrogens is 1. The standard InChI is InChI=1S/C19H28N4OS/c1-5-20-18(22-12-13-25(24)19(2,3)4)23-14-15-10-11-21-17-9-7-6-8-16(15)17/h6-11H,5,12-14H2,1-4H3,(H2,20,22,23). The van der Waals surface area contributed by atoms with Crippen LogP contribution in [0.1, 0.15) is 33.3 Å². The lowest BCUT2D eigenvalue weighted by Gasteiger charge is -2.18. The normalized spacial score (nSPS) is 13.7. The van der Waals surface area contributed by atoms with Crippen molar-refractivity contribution in [3.05, 3.63) is 42.1 Å². The third kappa shape index (κ3) is 5.81. The molecule has 0 bridgehead atoms. The van der Waals surface area contributed by atoms with Gasteiger partial charge in [0, 0.05) is 46.0 Å². The fourth-order valence-corrected chi connectivity index (χ4v) is 3.27. The summed E-state index contributed by atoms with van der Waals surface area (Å²) < 4.78 is 11.9. The molecule has 0 aliphatic rings. The summed E-state index contributed by atoms with van der Waals surface area (Å²) in [5.41, 5.74) is 2.12. The molecule has 2 rings (SSSR count). The number of nitrogens with one attached hydrogen (secondary N) is 2. The highest BCUT2D eigenvalue weighted by molar-refractivity contribution is 7.86. The highest BCUT2D eigenvalue weighted by Gasteiger charge is 2.18. The maximum absolute atomic E-state index is 12.1. The molecular weight excluding hydrogens is 332 g/mol. The smallest absolute Gasteiger partial charge is 0.191 e. The second-order valence-electron chi connectivity index (χ2n) is 6.77. The molecule has 0 amide bonds. The van der Waals surface area contributed by atoms with Crippen LogP contribution in [0.2, 0.25) is 0 Å². The molecule has 6 heteroatoms. The maximum atomic E-state index is 12.1. The SMILES string of the molecule is CCNC(=NCc1ccnc2ccccc12)NCCS(=O)C(C)(C)C. The zero-order valence-electron chi connectivity index (χ0n) is 15.5. The van der Waals surface area contributed by atoms with Gasteiger partial charge in [0.2, 0.25) is 0 Å². The Kier molecular flexibility index (Phi) is 6.93. The largest absolute Gasteiger partial charge is 0.357 e. The first-order chi connectivity index (χ1) is 11.9. The fraction of sp³-hybridized carbons (Fsp3) is 0.474. The van der Waals surface area contributed by atoms with Crippen molar-refractivity contribution in [3.8, 4) is 0 Å². The molecule has 0 saturated carbocycles. The van der Waals surface area contributed by atoms with E-state index in [-0.39, 0.29) is 4.75 Å². The molecule has 0 aliphatic carbocycles. The molecule has 25 heavy (non-hydrogen) atoms. The third-order valence-electron chi connectivity index (χ3n) is 3.75. The second-order valence-corrected chi connectivity index (χ2v) is 9.10. The average molecular weight is 361 g/mol. The summed E-state index contributed by atoms with van der Waals surface area (Å²) in [5.74, 6) is 1.35. The molecule has 0 saturated heterocycles. The van der Waals surface area contributed by atoms with Crippen molar-refractivity contribution in [2.24, 2.45) is 4.99 Å². The molecule has 1 aromatic heterocycles. The Morgan fingerprint density at radius 3 is 2.68 bits per heavy atom. The van der Waals surface area contributed by atoms with E-state index in [1.54, 1.807) is 0 Å². The van der Waals surface area contributed by atoms with Gasteiger partial charge in [0.25, 0.3) is 0 Å². The van der Waals surface area contributed by atoms with Gasteiger partial charge in [0.05, 0.1) is 12.1 Å². The zero-order chi connectivity index (χ0) is 18.3. The lowest BCUT2D eigenvalue weighted by Crippen LogP contribution is -2.40. The summed E-state index contributed by atoms with van der Waals surface area (Å²) in [6, 6.07) is 10.1. The summed E-state index contributed by atoms with van der Waals surface area (Å²) in [4.78, 5) is 9.04. The Hall–Kier alpha value is -1.95. The number of para-hydroxylation sites is 1. The van der Waals surface area contributed by atoms with E-state index in [9.17, 15) is 4.21 Å². The molecular formula is C19H28N4OS. The minimum atomic E-state index is -0.870. The van der Waals surface area contributed by atoms with E-state index in [2.05, 4.69) is 26.7 Å². The summed E-state index contributed by atoms with van der Waals surface area (Å²) in [5, 5.41) is 7.63. The van der Waals surface area contributed by atoms with Crippen LogP contribution in [0.4, 0.5) is 0 Å². The highest BCUT2D eigenvalue weighted by Crippen LogP contribution is 2.16. The Bertz CT molecular complexity index is 747. The molecule has 0 spiro atoms. The van der Waals surface area contributed by atoms with Gasteiger partial charge in [0.1, 0.15) is 0 Å². The number of hydrogen-bond acceptors (Lipinski definition) is 3. The van der Waals surface area contributed by atoms with E-state index >= 15 is 0 Å². The number of nitrogens with zero attached hydrogens (tertiary/aromatic N) is 2. The molecule has 1 atom stereocenters. The number of aliphatic imine (C=N–C) groups is 1. The Labute approximate surface area is 152 Å². The third-order valence-corrected chi connectivity index (χ3v) is 5.69. The van der Waals surface area contributed by atoms with Gasteiger partial charge in [-0.1, -0.05) is 18.2 Å². The molecule has 2 aromatic rings. The van der Waals surface area contributed by atoms with Gasteiger partial charge in [-0.3, -0.25) is 9.19 Å². The minimum Gasteiger partial charge on any atom is -0.357 e. The van der Waals surface area contributed by atoms with Crippen LogP contribution in [0.25, 0.3) is 10.9 Å². The van der Waals surface area contributed by atoms with Crippen LogP contribution >= 0.6 is 0 Å². The average Bonchev–Trinajstić information content (AvgIpc) is 2.58. The molecule has 136 valence electrons. The van der Waals surface area contributed by atoms with Crippen LogP contribution in [0.3, 0.4) is 0 Å². The molecule has 0 radical (unpaired) electrons. The van der Waals surface area contributed by atoms with Gasteiger partial charge in [-0.05, 0) is 45.4 Å². The van der Waals surface area contributed by atoms with Crippen molar-refractivity contribution < 1.29 is 4.21 Å². The van der Waals surface area contributed by atoms with E-state index in [0.29, 0.717) is 18.8 Å². The lowest BCUT2D eigenvalue weighted by molar-refractivity contribution is 0.647. The molecule has 2 N–H and O–H groups in total. The molecule has 1 unspecified atom stereocenters. The number of hydrogen-bond donors (Lipinski definition) is 2. The van der Waals surface area contributed by atoms with Crippen LogP contribution in [0.5, 0.6) is 0 Å². The predicted molar refractivity (Wildman–Crippen MR) is 107 cm³/mol. The highest BCUT2D eigenvalue weighted by atomic mass is 32.2. The van der Waals surface area contributed by atoms with Crippen LogP contribution in [-0.2, 0) is 17.3 Å². The summed E-state index contributed by atoms with van der Waals surface area (Å²) >= 11 is 0. The zero-order valence-corrected chi connectivity index (χ0v) is 16.3. The van der Waals surface area contributed by atoms with Crippen molar-refractivity contribution in [2.45, 2.75) is 39.0 Å². The first-order valence-electron chi connectivity index (χ1n) is 8.65. The fourth-order valence-electron chi connectivity index (χ4n) is 2.37. The minimum absolute atomic E-state index is 0.187. The Balaban J connectivity index is 2.02. The van der Waals surface area contributed by atoms with Gasteiger partial charge >= 0.3 is 0 Å². The van der Waals surface area contributed by atoms with Gasteiger partial charge in [-0.2, -0.15) is 0 Å². The van der Waals surface area contributed by atoms with Gasteiger partial charge in [-0.15, -0.1) is 0 Å². The summed E-state index contributed by atoms with van der Waals surface area (Å²) in [7, 11) is -0.870. The number of guanidine groups is 1. The Morgan fingerprint density at radius 1 is 1.20 bits per heavy atom. The topological polar surface area (TPSA) is 66.4 Å². The van der Waals surface area contributed by atoms with Gasteiger partial charge in [-0.25, -0.2) is 4.99 Å². The van der Waals surface area contributed by atoms with Crippen molar-refractivity contribution in [2.75, 3.05) is 18.8 Å². The van der Waals surface area contributed by atoms with Crippen molar-refractivity contribution >= 4 is 27.7 Å². The van der Waals surface area contributed by atoms with Crippen LogP contribution in [0, 0.1) is 0 Å². The van der Waals surface area contributed by atoms with E-state index < -0.39 is 10.8 Å². The first kappa shape index (κ1) is 19.4. The van der Waals surface area contributed by atoms with E-state index in [1.165, 1.54) is 0 Å². The second kappa shape index (κ2) is 8.94. The molecule has 1 aromatic carbocycles. The summed E-state index contributed by atoms with van der Waals surface area (Å²) in [6.45, 7) is 10.0. The lowest BCUT2D eigenvalue weighted by atomic mass is 10.1. The predicted octanol–water partition coefficient (Wildman–Crippen LogP) is 2.84. The van der Waals surface area contributed by atoms with Crippen LogP contribution in [0.15, 0.2) is 41.5 Å². The van der Waals surface area contributed by atoms with E-state index in [0.717, 1.165) is 29.0 Å². The molecule has 0 aliphatic heterocycles. The van der Waals surface area contributed by atoms with E-state index in [1.807, 2.05) is 58.2 Å². The van der Waals surface area contributed by atoms with Gasteiger partial charge < -0.3 is 10.6 Å². The first-order valence-corrected chi connectivity index (χ1v) is 9.97. The maximum Gasteiger partial charge on any atom is 0.191 e. The molecule has 5 nitrogen and oxygen atoms in total. The number of rotatable bonds is 6. The number of benzene rings is 1. The van der Waals surface area contributed by atoms with Crippen molar-refractivity contribution in [1.29, 1.82) is 0 Å². The van der Waals surface area contributed by atoms with Crippen molar-refractivity contribution in [3.63, 3.8) is 0 Å².